The zero-order valence-electron chi connectivity index (χ0n) is 10.8. The molecule has 98 valence electrons. The molecular formula is C14H15N3O2. The largest absolute Gasteiger partial charge is 0.477 e. The molecule has 0 saturated carbocycles. The van der Waals surface area contributed by atoms with Crippen molar-refractivity contribution in [3.63, 3.8) is 0 Å². The Kier molecular flexibility index (Phi) is 3.66. The molecule has 0 unspecified atom stereocenters. The summed E-state index contributed by atoms with van der Waals surface area (Å²) in [5, 5.41) is 12.1. The van der Waals surface area contributed by atoms with Crippen LogP contribution in [0.25, 0.3) is 0 Å². The molecule has 2 rings (SSSR count). The van der Waals surface area contributed by atoms with E-state index in [9.17, 15) is 4.79 Å². The lowest BCUT2D eigenvalue weighted by molar-refractivity contribution is 0.0690. The first kappa shape index (κ1) is 12.9. The molecule has 0 aliphatic rings. The van der Waals surface area contributed by atoms with Crippen molar-refractivity contribution >= 4 is 23.0 Å². The van der Waals surface area contributed by atoms with E-state index < -0.39 is 5.97 Å². The van der Waals surface area contributed by atoms with Crippen LogP contribution in [-0.4, -0.2) is 30.2 Å². The molecule has 2 aromatic rings. The van der Waals surface area contributed by atoms with Crippen molar-refractivity contribution in [3.8, 4) is 0 Å². The third-order valence-electron chi connectivity index (χ3n) is 2.63. The Morgan fingerprint density at radius 2 is 1.95 bits per heavy atom. The molecule has 0 atom stereocenters. The molecule has 5 heteroatoms. The molecule has 0 amide bonds. The van der Waals surface area contributed by atoms with E-state index in [0.29, 0.717) is 5.69 Å². The number of nitrogens with one attached hydrogen (secondary N) is 1. The number of hydrogen-bond acceptors (Lipinski definition) is 4. The Labute approximate surface area is 111 Å². The van der Waals surface area contributed by atoms with E-state index in [4.69, 9.17) is 5.11 Å². The molecule has 0 spiro atoms. The van der Waals surface area contributed by atoms with Gasteiger partial charge in [-0.25, -0.2) is 9.78 Å². The number of carbonyl (C=O) groups is 1. The molecule has 19 heavy (non-hydrogen) atoms. The standard InChI is InChI=1S/C14H15N3O2/c1-17(2)12-5-3-4-10(8-12)16-11-6-7-15-13(9-11)14(18)19/h3-9H,1-2H3,(H,15,16)(H,18,19). The second kappa shape index (κ2) is 5.39. The predicted octanol–water partition coefficient (Wildman–Crippen LogP) is 2.59. The van der Waals surface area contributed by atoms with Crippen molar-refractivity contribution in [3.05, 3.63) is 48.3 Å². The number of rotatable bonds is 4. The normalized spacial score (nSPS) is 10.0. The van der Waals surface area contributed by atoms with E-state index in [2.05, 4.69) is 10.3 Å². The molecule has 1 aromatic carbocycles. The summed E-state index contributed by atoms with van der Waals surface area (Å²) in [6.45, 7) is 0. The summed E-state index contributed by atoms with van der Waals surface area (Å²) in [5.74, 6) is -1.04. The Hall–Kier alpha value is -2.56. The molecule has 1 heterocycles. The van der Waals surface area contributed by atoms with Gasteiger partial charge in [0.05, 0.1) is 0 Å². The maximum absolute atomic E-state index is 10.9. The van der Waals surface area contributed by atoms with Gasteiger partial charge in [0.1, 0.15) is 5.69 Å². The fourth-order valence-electron chi connectivity index (χ4n) is 1.65. The lowest BCUT2D eigenvalue weighted by atomic mass is 10.2. The highest BCUT2D eigenvalue weighted by atomic mass is 16.4. The van der Waals surface area contributed by atoms with Gasteiger partial charge in [0.25, 0.3) is 0 Å². The third-order valence-corrected chi connectivity index (χ3v) is 2.63. The van der Waals surface area contributed by atoms with Gasteiger partial charge in [-0.1, -0.05) is 6.07 Å². The number of aromatic nitrogens is 1. The number of benzene rings is 1. The van der Waals surface area contributed by atoms with Gasteiger partial charge in [-0.15, -0.1) is 0 Å². The highest BCUT2D eigenvalue weighted by Gasteiger charge is 2.05. The van der Waals surface area contributed by atoms with Crippen LogP contribution in [0.15, 0.2) is 42.6 Å². The Balaban J connectivity index is 2.23. The molecule has 0 radical (unpaired) electrons. The average molecular weight is 257 g/mol. The molecule has 2 N–H and O–H groups in total. The third kappa shape index (κ3) is 3.22. The topological polar surface area (TPSA) is 65.5 Å². The smallest absolute Gasteiger partial charge is 0.354 e. The summed E-state index contributed by atoms with van der Waals surface area (Å²) in [7, 11) is 3.93. The summed E-state index contributed by atoms with van der Waals surface area (Å²) < 4.78 is 0. The molecule has 0 saturated heterocycles. The van der Waals surface area contributed by atoms with Crippen LogP contribution >= 0.6 is 0 Å². The van der Waals surface area contributed by atoms with E-state index in [1.807, 2.05) is 43.3 Å². The molecular weight excluding hydrogens is 242 g/mol. The number of anilines is 3. The van der Waals surface area contributed by atoms with Crippen LogP contribution in [0, 0.1) is 0 Å². The number of nitrogens with zero attached hydrogens (tertiary/aromatic N) is 2. The van der Waals surface area contributed by atoms with Crippen LogP contribution in [-0.2, 0) is 0 Å². The van der Waals surface area contributed by atoms with Gasteiger partial charge in [0, 0.05) is 37.4 Å². The highest BCUT2D eigenvalue weighted by molar-refractivity contribution is 5.86. The maximum atomic E-state index is 10.9. The van der Waals surface area contributed by atoms with E-state index in [1.54, 1.807) is 6.07 Å². The van der Waals surface area contributed by atoms with E-state index in [1.165, 1.54) is 12.3 Å². The zero-order valence-corrected chi connectivity index (χ0v) is 10.8. The first-order valence-corrected chi connectivity index (χ1v) is 5.80. The SMILES string of the molecule is CN(C)c1cccc(Nc2ccnc(C(=O)O)c2)c1. The fourth-order valence-corrected chi connectivity index (χ4v) is 1.65. The van der Waals surface area contributed by atoms with Gasteiger partial charge < -0.3 is 15.3 Å². The summed E-state index contributed by atoms with van der Waals surface area (Å²) in [4.78, 5) is 16.6. The van der Waals surface area contributed by atoms with Gasteiger partial charge in [-0.05, 0) is 30.3 Å². The second-order valence-corrected chi connectivity index (χ2v) is 4.30. The van der Waals surface area contributed by atoms with Gasteiger partial charge in [-0.3, -0.25) is 0 Å². The van der Waals surface area contributed by atoms with Crippen LogP contribution in [0.5, 0.6) is 0 Å². The average Bonchev–Trinajstić information content (AvgIpc) is 2.39. The summed E-state index contributed by atoms with van der Waals surface area (Å²) in [5.41, 5.74) is 2.68. The number of hydrogen-bond donors (Lipinski definition) is 2. The Bertz CT molecular complexity index is 597. The molecule has 0 bridgehead atoms. The first-order chi connectivity index (χ1) is 9.06. The molecule has 0 aliphatic carbocycles. The fraction of sp³-hybridized carbons (Fsp3) is 0.143. The number of carboxylic acids is 1. The number of pyridine rings is 1. The predicted molar refractivity (Wildman–Crippen MR) is 75.2 cm³/mol. The molecule has 1 aromatic heterocycles. The van der Waals surface area contributed by atoms with Crippen molar-refractivity contribution in [2.24, 2.45) is 0 Å². The van der Waals surface area contributed by atoms with Crippen molar-refractivity contribution in [1.29, 1.82) is 0 Å². The minimum Gasteiger partial charge on any atom is -0.477 e. The van der Waals surface area contributed by atoms with Crippen molar-refractivity contribution in [2.45, 2.75) is 0 Å². The second-order valence-electron chi connectivity index (χ2n) is 4.30. The van der Waals surface area contributed by atoms with E-state index >= 15 is 0 Å². The molecule has 0 fully saturated rings. The highest BCUT2D eigenvalue weighted by Crippen LogP contribution is 2.21. The van der Waals surface area contributed by atoms with Crippen molar-refractivity contribution < 1.29 is 9.90 Å². The summed E-state index contributed by atoms with van der Waals surface area (Å²) in [6.07, 6.45) is 1.47. The van der Waals surface area contributed by atoms with Gasteiger partial charge in [0.15, 0.2) is 0 Å². The van der Waals surface area contributed by atoms with Crippen LogP contribution in [0.4, 0.5) is 17.1 Å². The maximum Gasteiger partial charge on any atom is 0.354 e. The Morgan fingerprint density at radius 3 is 2.63 bits per heavy atom. The molecule has 0 aliphatic heterocycles. The zero-order chi connectivity index (χ0) is 13.8. The van der Waals surface area contributed by atoms with E-state index in [-0.39, 0.29) is 5.69 Å². The van der Waals surface area contributed by atoms with E-state index in [0.717, 1.165) is 11.4 Å². The minimum atomic E-state index is -1.04. The van der Waals surface area contributed by atoms with Crippen molar-refractivity contribution in [1.82, 2.24) is 4.98 Å². The first-order valence-electron chi connectivity index (χ1n) is 5.80. The minimum absolute atomic E-state index is 0.0220. The van der Waals surface area contributed by atoms with Crippen LogP contribution < -0.4 is 10.2 Å². The lowest BCUT2D eigenvalue weighted by Crippen LogP contribution is -2.08. The van der Waals surface area contributed by atoms with Crippen LogP contribution in [0.2, 0.25) is 0 Å². The number of carboxylic acid groups (broad SMARTS) is 1. The van der Waals surface area contributed by atoms with Gasteiger partial charge >= 0.3 is 5.97 Å². The number of aromatic carboxylic acids is 1. The van der Waals surface area contributed by atoms with Crippen LogP contribution in [0.3, 0.4) is 0 Å². The molecule has 5 nitrogen and oxygen atoms in total. The monoisotopic (exact) mass is 257 g/mol. The Morgan fingerprint density at radius 1 is 1.21 bits per heavy atom. The van der Waals surface area contributed by atoms with Crippen molar-refractivity contribution in [2.75, 3.05) is 24.3 Å². The summed E-state index contributed by atoms with van der Waals surface area (Å²) in [6, 6.07) is 11.1. The van der Waals surface area contributed by atoms with Gasteiger partial charge in [0.2, 0.25) is 0 Å². The lowest BCUT2D eigenvalue weighted by Gasteiger charge is -2.14. The summed E-state index contributed by atoms with van der Waals surface area (Å²) >= 11 is 0. The van der Waals surface area contributed by atoms with Crippen LogP contribution in [0.1, 0.15) is 10.5 Å². The quantitative estimate of drug-likeness (QED) is 0.881. The van der Waals surface area contributed by atoms with Gasteiger partial charge in [-0.2, -0.15) is 0 Å².